The first-order valence-corrected chi connectivity index (χ1v) is 8.93. The lowest BCUT2D eigenvalue weighted by Crippen LogP contribution is -2.37. The van der Waals surface area contributed by atoms with E-state index in [1.54, 1.807) is 12.1 Å². The zero-order valence-electron chi connectivity index (χ0n) is 12.8. The molecule has 0 amide bonds. The Morgan fingerprint density at radius 3 is 2.52 bits per heavy atom. The minimum Gasteiger partial charge on any atom is -0.357 e. The predicted molar refractivity (Wildman–Crippen MR) is 88.0 cm³/mol. The summed E-state index contributed by atoms with van der Waals surface area (Å²) in [6, 6.07) is 7.25. The van der Waals surface area contributed by atoms with E-state index in [1.807, 2.05) is 19.1 Å². The number of para-hydroxylation sites is 1. The zero-order valence-corrected chi connectivity index (χ0v) is 13.6. The van der Waals surface area contributed by atoms with Gasteiger partial charge in [-0.1, -0.05) is 25.1 Å². The van der Waals surface area contributed by atoms with Crippen molar-refractivity contribution in [3.63, 3.8) is 0 Å². The van der Waals surface area contributed by atoms with E-state index in [4.69, 9.17) is 0 Å². The molecular weight excluding hydrogens is 288 g/mol. The minimum absolute atomic E-state index is 0.401. The first kappa shape index (κ1) is 17.3. The molecule has 6 nitrogen and oxygen atoms in total. The number of anilines is 1. The molecule has 0 aliphatic heterocycles. The van der Waals surface area contributed by atoms with Crippen LogP contribution in [0.2, 0.25) is 0 Å². The largest absolute Gasteiger partial charge is 0.357 e. The van der Waals surface area contributed by atoms with Gasteiger partial charge in [0.2, 0.25) is 10.0 Å². The number of aliphatic imine (C=N–C) groups is 1. The van der Waals surface area contributed by atoms with Crippen molar-refractivity contribution >= 4 is 21.7 Å². The molecular formula is C14H24N4O2S. The van der Waals surface area contributed by atoms with Crippen LogP contribution in [0.15, 0.2) is 29.3 Å². The van der Waals surface area contributed by atoms with Gasteiger partial charge in [-0.15, -0.1) is 0 Å². The van der Waals surface area contributed by atoms with Gasteiger partial charge in [0.25, 0.3) is 0 Å². The highest BCUT2D eigenvalue weighted by Crippen LogP contribution is 2.17. The Balaban J connectivity index is 2.85. The molecule has 0 saturated carbocycles. The number of nitrogens with one attached hydrogen (secondary N) is 3. The van der Waals surface area contributed by atoms with Crippen molar-refractivity contribution in [3.05, 3.63) is 29.8 Å². The molecule has 3 N–H and O–H groups in total. The summed E-state index contributed by atoms with van der Waals surface area (Å²) >= 11 is 0. The summed E-state index contributed by atoms with van der Waals surface area (Å²) in [5, 5.41) is 6.36. The third-order valence-electron chi connectivity index (χ3n) is 2.61. The Labute approximate surface area is 127 Å². The molecule has 1 aromatic carbocycles. The molecule has 0 unspecified atom stereocenters. The monoisotopic (exact) mass is 312 g/mol. The van der Waals surface area contributed by atoms with Crippen molar-refractivity contribution in [2.24, 2.45) is 4.99 Å². The number of hydrogen-bond acceptors (Lipinski definition) is 3. The van der Waals surface area contributed by atoms with Crippen molar-refractivity contribution in [1.29, 1.82) is 0 Å². The third-order valence-corrected chi connectivity index (χ3v) is 3.20. The highest BCUT2D eigenvalue weighted by atomic mass is 32.2. The number of nitrogens with zero attached hydrogens (tertiary/aromatic N) is 1. The van der Waals surface area contributed by atoms with Gasteiger partial charge in [-0.3, -0.25) is 4.72 Å². The summed E-state index contributed by atoms with van der Waals surface area (Å²) in [5.41, 5.74) is 1.40. The summed E-state index contributed by atoms with van der Waals surface area (Å²) in [5.74, 6) is 0.730. The standard InChI is InChI=1S/C14H24N4O2S/c1-4-10-16-14(15-5-2)17-11-12-8-6-7-9-13(12)18-21(3,19)20/h6-9,18H,4-5,10-11H2,1-3H3,(H2,15,16,17). The van der Waals surface area contributed by atoms with Crippen LogP contribution < -0.4 is 15.4 Å². The summed E-state index contributed by atoms with van der Waals surface area (Å²) in [7, 11) is -3.29. The average Bonchev–Trinajstić information content (AvgIpc) is 2.41. The summed E-state index contributed by atoms with van der Waals surface area (Å²) < 4.78 is 25.2. The first-order chi connectivity index (χ1) is 9.96. The fourth-order valence-corrected chi connectivity index (χ4v) is 2.31. The lowest BCUT2D eigenvalue weighted by atomic mass is 10.2. The van der Waals surface area contributed by atoms with Gasteiger partial charge in [-0.05, 0) is 25.0 Å². The summed E-state index contributed by atoms with van der Waals surface area (Å²) in [4.78, 5) is 4.47. The number of guanidine groups is 1. The van der Waals surface area contributed by atoms with E-state index in [-0.39, 0.29) is 0 Å². The molecule has 0 aromatic heterocycles. The van der Waals surface area contributed by atoms with Crippen molar-refractivity contribution < 1.29 is 8.42 Å². The summed E-state index contributed by atoms with van der Waals surface area (Å²) in [6.07, 6.45) is 2.15. The smallest absolute Gasteiger partial charge is 0.229 e. The van der Waals surface area contributed by atoms with Crippen molar-refractivity contribution in [3.8, 4) is 0 Å². The van der Waals surface area contributed by atoms with Gasteiger partial charge in [0.1, 0.15) is 0 Å². The molecule has 0 heterocycles. The number of rotatable bonds is 7. The fourth-order valence-electron chi connectivity index (χ4n) is 1.71. The van der Waals surface area contributed by atoms with Crippen LogP contribution in [0.4, 0.5) is 5.69 Å². The van der Waals surface area contributed by atoms with Crippen LogP contribution in [-0.4, -0.2) is 33.7 Å². The predicted octanol–water partition coefficient (Wildman–Crippen LogP) is 1.52. The SMILES string of the molecule is CCCNC(=NCc1ccccc1NS(C)(=O)=O)NCC. The van der Waals surface area contributed by atoms with Crippen LogP contribution in [0, 0.1) is 0 Å². The quantitative estimate of drug-likeness (QED) is 0.527. The molecule has 0 fully saturated rings. The minimum atomic E-state index is -3.29. The average molecular weight is 312 g/mol. The fraction of sp³-hybridized carbons (Fsp3) is 0.500. The van der Waals surface area contributed by atoms with Gasteiger partial charge in [-0.2, -0.15) is 0 Å². The number of sulfonamides is 1. The zero-order chi connectivity index (χ0) is 15.7. The second-order valence-corrected chi connectivity index (χ2v) is 6.40. The van der Waals surface area contributed by atoms with Crippen molar-refractivity contribution in [2.75, 3.05) is 24.1 Å². The maximum atomic E-state index is 11.4. The van der Waals surface area contributed by atoms with E-state index in [0.29, 0.717) is 12.2 Å². The molecule has 1 aromatic rings. The van der Waals surface area contributed by atoms with E-state index in [1.165, 1.54) is 0 Å². The van der Waals surface area contributed by atoms with Gasteiger partial charge in [0.15, 0.2) is 5.96 Å². The van der Waals surface area contributed by atoms with Crippen LogP contribution >= 0.6 is 0 Å². The van der Waals surface area contributed by atoms with E-state index in [9.17, 15) is 8.42 Å². The van der Waals surface area contributed by atoms with Gasteiger partial charge in [0, 0.05) is 13.1 Å². The molecule has 0 saturated heterocycles. The van der Waals surface area contributed by atoms with Crippen LogP contribution in [0.3, 0.4) is 0 Å². The Kier molecular flexibility index (Phi) is 7.01. The van der Waals surface area contributed by atoms with Gasteiger partial charge in [0.05, 0.1) is 18.5 Å². The molecule has 7 heteroatoms. The van der Waals surface area contributed by atoms with E-state index in [2.05, 4.69) is 27.3 Å². The lowest BCUT2D eigenvalue weighted by molar-refractivity contribution is 0.606. The van der Waals surface area contributed by atoms with Crippen LogP contribution in [-0.2, 0) is 16.6 Å². The Morgan fingerprint density at radius 2 is 1.90 bits per heavy atom. The molecule has 0 bridgehead atoms. The Hall–Kier alpha value is -1.76. The maximum absolute atomic E-state index is 11.4. The van der Waals surface area contributed by atoms with E-state index >= 15 is 0 Å². The van der Waals surface area contributed by atoms with Crippen LogP contribution in [0.25, 0.3) is 0 Å². The second kappa shape index (κ2) is 8.51. The molecule has 0 radical (unpaired) electrons. The molecule has 21 heavy (non-hydrogen) atoms. The molecule has 1 rings (SSSR count). The van der Waals surface area contributed by atoms with E-state index in [0.717, 1.165) is 37.3 Å². The molecule has 0 aliphatic rings. The molecule has 118 valence electrons. The second-order valence-electron chi connectivity index (χ2n) is 4.65. The van der Waals surface area contributed by atoms with Crippen molar-refractivity contribution in [2.45, 2.75) is 26.8 Å². The first-order valence-electron chi connectivity index (χ1n) is 7.04. The normalized spacial score (nSPS) is 12.0. The van der Waals surface area contributed by atoms with Crippen LogP contribution in [0.5, 0.6) is 0 Å². The number of hydrogen-bond donors (Lipinski definition) is 3. The van der Waals surface area contributed by atoms with Gasteiger partial charge < -0.3 is 10.6 Å². The molecule has 0 spiro atoms. The maximum Gasteiger partial charge on any atom is 0.229 e. The third kappa shape index (κ3) is 6.99. The highest BCUT2D eigenvalue weighted by Gasteiger charge is 2.06. The Bertz CT molecular complexity index is 570. The highest BCUT2D eigenvalue weighted by molar-refractivity contribution is 7.92. The topological polar surface area (TPSA) is 82.6 Å². The van der Waals surface area contributed by atoms with Gasteiger partial charge >= 0.3 is 0 Å². The lowest BCUT2D eigenvalue weighted by Gasteiger charge is -2.12. The van der Waals surface area contributed by atoms with Crippen molar-refractivity contribution in [1.82, 2.24) is 10.6 Å². The summed E-state index contributed by atoms with van der Waals surface area (Å²) in [6.45, 7) is 6.11. The van der Waals surface area contributed by atoms with Gasteiger partial charge in [-0.25, -0.2) is 13.4 Å². The Morgan fingerprint density at radius 1 is 1.19 bits per heavy atom. The van der Waals surface area contributed by atoms with Crippen LogP contribution in [0.1, 0.15) is 25.8 Å². The van der Waals surface area contributed by atoms with E-state index < -0.39 is 10.0 Å². The molecule has 0 aliphatic carbocycles. The number of benzene rings is 1. The molecule has 0 atom stereocenters.